The Morgan fingerprint density at radius 2 is 2.18 bits per heavy atom. The Kier molecular flexibility index (Phi) is 5.09. The van der Waals surface area contributed by atoms with Crippen molar-refractivity contribution < 1.29 is 4.79 Å². The van der Waals surface area contributed by atoms with Gasteiger partial charge in [-0.3, -0.25) is 4.79 Å². The smallest absolute Gasteiger partial charge is 0.252 e. The minimum atomic E-state index is -0.583. The molecular weight excluding hydrogens is 320 g/mol. The molecule has 3 N–H and O–H groups in total. The zero-order valence-corrected chi connectivity index (χ0v) is 13.0. The Bertz CT molecular complexity index is 427. The average molecular weight is 335 g/mol. The van der Waals surface area contributed by atoms with Crippen LogP contribution in [0.3, 0.4) is 0 Å². The van der Waals surface area contributed by atoms with E-state index >= 15 is 0 Å². The Morgan fingerprint density at radius 3 is 2.53 bits per heavy atom. The van der Waals surface area contributed by atoms with Crippen molar-refractivity contribution in [1.29, 1.82) is 0 Å². The van der Waals surface area contributed by atoms with Crippen molar-refractivity contribution in [1.82, 2.24) is 5.32 Å². The van der Waals surface area contributed by atoms with Gasteiger partial charge in [-0.15, -0.1) is 11.3 Å². The molecule has 1 rings (SSSR count). The second-order valence-electron chi connectivity index (χ2n) is 3.75. The first-order valence-electron chi connectivity index (χ1n) is 5.31. The zero-order chi connectivity index (χ0) is 13.1. The summed E-state index contributed by atoms with van der Waals surface area (Å²) in [5, 5.41) is 4.74. The summed E-state index contributed by atoms with van der Waals surface area (Å²) in [6.45, 7) is 3.93. The van der Waals surface area contributed by atoms with Gasteiger partial charge in [-0.05, 0) is 34.8 Å². The van der Waals surface area contributed by atoms with Gasteiger partial charge in [0.2, 0.25) is 0 Å². The summed E-state index contributed by atoms with van der Waals surface area (Å²) in [6, 6.07) is 1.79. The van der Waals surface area contributed by atoms with Crippen LogP contribution in [0.1, 0.15) is 37.0 Å². The molecule has 0 saturated heterocycles. The van der Waals surface area contributed by atoms with E-state index in [1.165, 1.54) is 11.3 Å². The lowest BCUT2D eigenvalue weighted by molar-refractivity contribution is 0.0920. The van der Waals surface area contributed by atoms with Crippen LogP contribution in [-0.4, -0.2) is 16.4 Å². The average Bonchev–Trinajstić information content (AvgIpc) is 2.72. The van der Waals surface area contributed by atoms with Gasteiger partial charge in [0.1, 0.15) is 0 Å². The molecule has 6 heteroatoms. The number of carbonyl (C=O) groups is 1. The molecule has 0 aromatic carbocycles. The molecule has 0 atom stereocenters. The first-order valence-corrected chi connectivity index (χ1v) is 7.39. The number of thiophene rings is 1. The van der Waals surface area contributed by atoms with E-state index in [0.29, 0.717) is 23.4 Å². The van der Waals surface area contributed by atoms with E-state index in [2.05, 4.69) is 21.2 Å². The van der Waals surface area contributed by atoms with Crippen molar-refractivity contribution in [3.8, 4) is 0 Å². The van der Waals surface area contributed by atoms with Gasteiger partial charge in [0, 0.05) is 5.38 Å². The van der Waals surface area contributed by atoms with E-state index in [0.717, 1.165) is 3.79 Å². The molecule has 0 saturated carbocycles. The summed E-state index contributed by atoms with van der Waals surface area (Å²) >= 11 is 9.86. The maximum atomic E-state index is 12.1. The number of nitrogens with one attached hydrogen (secondary N) is 1. The second-order valence-corrected chi connectivity index (χ2v) is 6.48. The number of nitrogens with two attached hydrogens (primary N) is 1. The molecule has 0 fully saturated rings. The Morgan fingerprint density at radius 1 is 1.59 bits per heavy atom. The van der Waals surface area contributed by atoms with Crippen LogP contribution in [0.15, 0.2) is 15.2 Å². The van der Waals surface area contributed by atoms with Gasteiger partial charge in [0.05, 0.1) is 19.9 Å². The van der Waals surface area contributed by atoms with Gasteiger partial charge >= 0.3 is 0 Å². The minimum Gasteiger partial charge on any atom is -0.391 e. The number of thiocarbonyl (C=S) groups is 1. The molecule has 0 spiro atoms. The molecule has 0 bridgehead atoms. The van der Waals surface area contributed by atoms with Crippen LogP contribution in [0.25, 0.3) is 0 Å². The number of rotatable bonds is 5. The summed E-state index contributed by atoms with van der Waals surface area (Å²) < 4.78 is 0.927. The van der Waals surface area contributed by atoms with Gasteiger partial charge in [0.25, 0.3) is 5.91 Å². The lowest BCUT2D eigenvalue weighted by atomic mass is 9.92. The van der Waals surface area contributed by atoms with Crippen LogP contribution in [0, 0.1) is 0 Å². The molecule has 17 heavy (non-hydrogen) atoms. The predicted molar refractivity (Wildman–Crippen MR) is 79.6 cm³/mol. The number of hydrogen-bond donors (Lipinski definition) is 2. The summed E-state index contributed by atoms with van der Waals surface area (Å²) in [7, 11) is 0. The van der Waals surface area contributed by atoms with Crippen molar-refractivity contribution in [3.05, 3.63) is 20.8 Å². The first-order chi connectivity index (χ1) is 7.95. The summed E-state index contributed by atoms with van der Waals surface area (Å²) in [5.74, 6) is -0.136. The van der Waals surface area contributed by atoms with Crippen LogP contribution in [0.4, 0.5) is 0 Å². The number of amides is 1. The molecule has 3 nitrogen and oxygen atoms in total. The highest BCUT2D eigenvalue weighted by Crippen LogP contribution is 2.22. The quantitative estimate of drug-likeness (QED) is 0.813. The third kappa shape index (κ3) is 3.26. The molecular formula is C11H15BrN2OS2. The fraction of sp³-hybridized carbons (Fsp3) is 0.455. The third-order valence-corrected chi connectivity index (χ3v) is 4.76. The van der Waals surface area contributed by atoms with Crippen LogP contribution < -0.4 is 11.1 Å². The highest BCUT2D eigenvalue weighted by molar-refractivity contribution is 9.11. The number of hydrogen-bond acceptors (Lipinski definition) is 3. The Hall–Kier alpha value is -0.460. The monoisotopic (exact) mass is 334 g/mol. The van der Waals surface area contributed by atoms with E-state index in [-0.39, 0.29) is 5.91 Å². The fourth-order valence-corrected chi connectivity index (χ4v) is 3.03. The maximum Gasteiger partial charge on any atom is 0.252 e. The standard InChI is InChI=1S/C11H15BrN2OS2/c1-3-11(4-2,10(13)16)14-9(15)7-5-8(12)17-6-7/h5-6H,3-4H2,1-2H3,(H2,13,16)(H,14,15). The Balaban J connectivity index is 2.88. The zero-order valence-electron chi connectivity index (χ0n) is 9.75. The van der Waals surface area contributed by atoms with E-state index in [1.807, 2.05) is 13.8 Å². The highest BCUT2D eigenvalue weighted by Gasteiger charge is 2.31. The molecule has 0 aliphatic carbocycles. The lowest BCUT2D eigenvalue weighted by Crippen LogP contribution is -2.55. The second kappa shape index (κ2) is 5.93. The van der Waals surface area contributed by atoms with Crippen molar-refractivity contribution >= 4 is 50.4 Å². The van der Waals surface area contributed by atoms with Crippen LogP contribution in [-0.2, 0) is 0 Å². The Labute approximate surface area is 119 Å². The van der Waals surface area contributed by atoms with E-state index < -0.39 is 5.54 Å². The fourth-order valence-electron chi connectivity index (χ4n) is 1.56. The predicted octanol–water partition coefficient (Wildman–Crippen LogP) is 3.09. The largest absolute Gasteiger partial charge is 0.391 e. The van der Waals surface area contributed by atoms with Crippen LogP contribution >= 0.6 is 39.5 Å². The van der Waals surface area contributed by atoms with Gasteiger partial charge in [-0.1, -0.05) is 26.1 Å². The van der Waals surface area contributed by atoms with Gasteiger partial charge in [-0.25, -0.2) is 0 Å². The molecule has 0 aliphatic heterocycles. The molecule has 0 unspecified atom stereocenters. The number of halogens is 1. The molecule has 1 aromatic rings. The van der Waals surface area contributed by atoms with E-state index in [1.54, 1.807) is 11.4 Å². The van der Waals surface area contributed by atoms with Crippen molar-refractivity contribution in [2.75, 3.05) is 0 Å². The number of carbonyl (C=O) groups excluding carboxylic acids is 1. The van der Waals surface area contributed by atoms with E-state index in [9.17, 15) is 4.79 Å². The molecule has 1 amide bonds. The van der Waals surface area contributed by atoms with Crippen molar-refractivity contribution in [2.24, 2.45) is 5.73 Å². The first kappa shape index (κ1) is 14.6. The third-order valence-electron chi connectivity index (χ3n) is 2.86. The van der Waals surface area contributed by atoms with Crippen LogP contribution in [0.2, 0.25) is 0 Å². The van der Waals surface area contributed by atoms with Crippen LogP contribution in [0.5, 0.6) is 0 Å². The molecule has 94 valence electrons. The van der Waals surface area contributed by atoms with Crippen molar-refractivity contribution in [3.63, 3.8) is 0 Å². The summed E-state index contributed by atoms with van der Waals surface area (Å²) in [6.07, 6.45) is 1.38. The SMILES string of the molecule is CCC(CC)(NC(=O)c1csc(Br)c1)C(N)=S. The molecule has 1 aromatic heterocycles. The lowest BCUT2D eigenvalue weighted by Gasteiger charge is -2.31. The maximum absolute atomic E-state index is 12.1. The van der Waals surface area contributed by atoms with Gasteiger partial charge in [0.15, 0.2) is 0 Å². The summed E-state index contributed by atoms with van der Waals surface area (Å²) in [5.41, 5.74) is 5.78. The van der Waals surface area contributed by atoms with Gasteiger partial charge < -0.3 is 11.1 Å². The molecule has 0 aliphatic rings. The minimum absolute atomic E-state index is 0.136. The molecule has 1 heterocycles. The molecule has 0 radical (unpaired) electrons. The van der Waals surface area contributed by atoms with Gasteiger partial charge in [-0.2, -0.15) is 0 Å². The highest BCUT2D eigenvalue weighted by atomic mass is 79.9. The normalized spacial score (nSPS) is 11.2. The topological polar surface area (TPSA) is 55.1 Å². The summed E-state index contributed by atoms with van der Waals surface area (Å²) in [4.78, 5) is 12.4. The van der Waals surface area contributed by atoms with Crippen molar-refractivity contribution in [2.45, 2.75) is 32.2 Å². The van der Waals surface area contributed by atoms with E-state index in [4.69, 9.17) is 18.0 Å².